The van der Waals surface area contributed by atoms with Crippen molar-refractivity contribution >= 4 is 0 Å². The Morgan fingerprint density at radius 1 is 0.857 bits per heavy atom. The summed E-state index contributed by atoms with van der Waals surface area (Å²) >= 11 is 0. The van der Waals surface area contributed by atoms with Crippen LogP contribution >= 0.6 is 0 Å². The van der Waals surface area contributed by atoms with Crippen molar-refractivity contribution < 1.29 is 43.7 Å². The van der Waals surface area contributed by atoms with Crippen LogP contribution in [0, 0.1) is 10.8 Å². The zero-order chi connectivity index (χ0) is 20.8. The summed E-state index contributed by atoms with van der Waals surface area (Å²) in [5.74, 6) is 0. The fourth-order valence-corrected chi connectivity index (χ4v) is 1.78. The molecule has 0 spiro atoms. The summed E-state index contributed by atoms with van der Waals surface area (Å²) in [5.41, 5.74) is -0.589. The van der Waals surface area contributed by atoms with E-state index in [0.29, 0.717) is 19.8 Å². The van der Waals surface area contributed by atoms with E-state index in [1.54, 1.807) is 6.92 Å². The molecule has 3 saturated heterocycles. The lowest BCUT2D eigenvalue weighted by Gasteiger charge is -2.42. The van der Waals surface area contributed by atoms with Gasteiger partial charge in [-0.1, -0.05) is 21.3 Å². The summed E-state index contributed by atoms with van der Waals surface area (Å²) in [6.07, 6.45) is 0. The second kappa shape index (κ2) is 16.4. The van der Waals surface area contributed by atoms with Gasteiger partial charge in [0.05, 0.1) is 39.6 Å². The molecule has 0 amide bonds. The van der Waals surface area contributed by atoms with Gasteiger partial charge in [-0.2, -0.15) is 0 Å². The Hall–Kier alpha value is -0.360. The average Bonchev–Trinajstić information content (AvgIpc) is 2.70. The van der Waals surface area contributed by atoms with Gasteiger partial charge in [-0.25, -0.2) is 0 Å². The Morgan fingerprint density at radius 3 is 1.32 bits per heavy atom. The molecule has 3 aliphatic rings. The van der Waals surface area contributed by atoms with Crippen LogP contribution in [-0.4, -0.2) is 87.7 Å². The number of fused-ring (bicyclic) bond motifs is 3. The fourth-order valence-electron chi connectivity index (χ4n) is 1.78. The first kappa shape index (κ1) is 29.8. The first-order valence-corrected chi connectivity index (χ1v) is 9.34. The van der Waals surface area contributed by atoms with Crippen molar-refractivity contribution in [3.05, 3.63) is 0 Å². The van der Waals surface area contributed by atoms with Crippen molar-refractivity contribution in [3.63, 3.8) is 0 Å². The van der Waals surface area contributed by atoms with Crippen molar-refractivity contribution in [1.82, 2.24) is 0 Å². The summed E-state index contributed by atoms with van der Waals surface area (Å²) in [7, 11) is 0. The molecule has 2 bridgehead atoms. The van der Waals surface area contributed by atoms with Crippen LogP contribution in [0.3, 0.4) is 0 Å². The predicted molar refractivity (Wildman–Crippen MR) is 105 cm³/mol. The fraction of sp³-hybridized carbons (Fsp3) is 1.00. The van der Waals surface area contributed by atoms with Crippen molar-refractivity contribution in [2.24, 2.45) is 10.8 Å². The molecule has 0 aromatic rings. The van der Waals surface area contributed by atoms with Gasteiger partial charge in [0.1, 0.15) is 0 Å². The number of hydrogen-bond acceptors (Lipinski definition) is 9. The molecule has 3 N–H and O–H groups in total. The van der Waals surface area contributed by atoms with Crippen LogP contribution in [0.4, 0.5) is 0 Å². The zero-order valence-corrected chi connectivity index (χ0v) is 17.3. The summed E-state index contributed by atoms with van der Waals surface area (Å²) in [6.45, 7) is 12.2. The van der Waals surface area contributed by atoms with E-state index in [1.807, 2.05) is 20.8 Å². The largest absolute Gasteiger partial charge is 0.396 e. The van der Waals surface area contributed by atoms with E-state index in [1.165, 1.54) is 0 Å². The van der Waals surface area contributed by atoms with Crippen LogP contribution in [0.5, 0.6) is 0 Å². The maximum absolute atomic E-state index is 8.47. The third-order valence-corrected chi connectivity index (χ3v) is 3.76. The maximum Gasteiger partial charge on any atom is 0.271 e. The molecule has 0 aromatic heterocycles. The molecule has 0 aromatic carbocycles. The minimum absolute atomic E-state index is 0. The lowest BCUT2D eigenvalue weighted by Crippen LogP contribution is -2.50. The van der Waals surface area contributed by atoms with Gasteiger partial charge >= 0.3 is 0 Å². The molecule has 0 atom stereocenters. The highest BCUT2D eigenvalue weighted by molar-refractivity contribution is 4.78. The lowest BCUT2D eigenvalue weighted by atomic mass is 9.93. The quantitative estimate of drug-likeness (QED) is 0.481. The van der Waals surface area contributed by atoms with E-state index in [9.17, 15) is 0 Å². The molecule has 3 fully saturated rings. The van der Waals surface area contributed by atoms with Gasteiger partial charge in [-0.15, -0.1) is 0 Å². The highest BCUT2D eigenvalue weighted by Crippen LogP contribution is 2.30. The van der Waals surface area contributed by atoms with Crippen LogP contribution in [-0.2, 0) is 28.4 Å². The smallest absolute Gasteiger partial charge is 0.271 e. The maximum atomic E-state index is 8.47. The van der Waals surface area contributed by atoms with Crippen molar-refractivity contribution in [3.8, 4) is 0 Å². The second-order valence-corrected chi connectivity index (χ2v) is 6.97. The van der Waals surface area contributed by atoms with E-state index in [4.69, 9.17) is 43.7 Å². The van der Waals surface area contributed by atoms with Gasteiger partial charge in [0.25, 0.3) is 13.0 Å². The van der Waals surface area contributed by atoms with Crippen molar-refractivity contribution in [2.75, 3.05) is 59.5 Å². The van der Waals surface area contributed by atoms with Crippen LogP contribution in [0.25, 0.3) is 0 Å². The minimum atomic E-state index is -0.708. The number of ether oxygens (including phenoxy) is 6. The monoisotopic (exact) mass is 414 g/mol. The molecule has 0 saturated carbocycles. The molecule has 172 valence electrons. The Kier molecular flexibility index (Phi) is 17.5. The predicted octanol–water partition coefficient (Wildman–Crippen LogP) is 1.34. The molecule has 28 heavy (non-hydrogen) atoms. The number of aliphatic hydroxyl groups excluding tert-OH is 3. The Bertz CT molecular complexity index is 306. The van der Waals surface area contributed by atoms with Gasteiger partial charge in [-0.3, -0.25) is 0 Å². The minimum Gasteiger partial charge on any atom is -0.396 e. The van der Waals surface area contributed by atoms with Crippen LogP contribution < -0.4 is 0 Å². The highest BCUT2D eigenvalue weighted by Gasteiger charge is 2.39. The summed E-state index contributed by atoms with van der Waals surface area (Å²) in [6, 6.07) is 0. The van der Waals surface area contributed by atoms with Crippen molar-refractivity contribution in [1.29, 1.82) is 0 Å². The molecular weight excluding hydrogens is 372 g/mol. The van der Waals surface area contributed by atoms with Gasteiger partial charge in [-0.05, 0) is 20.8 Å². The summed E-state index contributed by atoms with van der Waals surface area (Å²) in [4.78, 5) is 0. The first-order chi connectivity index (χ1) is 12.8. The number of aliphatic hydroxyl groups is 3. The molecule has 0 unspecified atom stereocenters. The molecular formula is C19H42O9. The first-order valence-electron chi connectivity index (χ1n) is 9.34. The molecule has 0 aliphatic carbocycles. The molecule has 0 radical (unpaired) electrons. The molecule has 9 nitrogen and oxygen atoms in total. The SMILES string of the molecule is C.CC(CO)(CO)CO.CC12COC(OC1)OC2.CCOC(OCC)OCC. The normalized spacial score (nSPS) is 23.2. The van der Waals surface area contributed by atoms with Crippen LogP contribution in [0.1, 0.15) is 42.0 Å². The van der Waals surface area contributed by atoms with Crippen LogP contribution in [0.15, 0.2) is 0 Å². The Morgan fingerprint density at radius 2 is 1.18 bits per heavy atom. The summed E-state index contributed by atoms with van der Waals surface area (Å²) in [5, 5.41) is 25.4. The third kappa shape index (κ3) is 12.3. The molecule has 3 rings (SSSR count). The van der Waals surface area contributed by atoms with E-state index < -0.39 is 11.9 Å². The Labute approximate surface area is 169 Å². The second-order valence-electron chi connectivity index (χ2n) is 6.97. The highest BCUT2D eigenvalue weighted by atomic mass is 16.9. The van der Waals surface area contributed by atoms with Crippen LogP contribution in [0.2, 0.25) is 0 Å². The lowest BCUT2D eigenvalue weighted by molar-refractivity contribution is -0.391. The van der Waals surface area contributed by atoms with E-state index in [-0.39, 0.29) is 39.1 Å². The Balaban J connectivity index is 0. The molecule has 9 heteroatoms. The average molecular weight is 415 g/mol. The summed E-state index contributed by atoms with van der Waals surface area (Å²) < 4.78 is 30.6. The van der Waals surface area contributed by atoms with Gasteiger partial charge in [0.2, 0.25) is 0 Å². The third-order valence-electron chi connectivity index (χ3n) is 3.76. The van der Waals surface area contributed by atoms with Gasteiger partial charge < -0.3 is 43.7 Å². The number of rotatable bonds is 9. The molecule has 3 aliphatic heterocycles. The molecule has 3 heterocycles. The van der Waals surface area contributed by atoms with E-state index >= 15 is 0 Å². The van der Waals surface area contributed by atoms with Crippen molar-refractivity contribution in [2.45, 2.75) is 55.0 Å². The van der Waals surface area contributed by atoms with E-state index in [2.05, 4.69) is 6.92 Å². The standard InChI is InChI=1S/C7H16O3.C6H10O3.C5H12O3.CH4/c1-4-8-7(9-5-2)10-6-3;1-6-2-7-5(8-3-6)9-4-6;1-5(2-6,3-7)4-8;/h7H,4-6H2,1-3H3;5H,2-4H2,1H3;6-8H,2-4H2,1H3;1H4. The van der Waals surface area contributed by atoms with E-state index in [0.717, 1.165) is 19.8 Å². The zero-order valence-electron chi connectivity index (χ0n) is 17.3. The van der Waals surface area contributed by atoms with Gasteiger partial charge in [0, 0.05) is 30.7 Å². The number of hydrogen-bond donors (Lipinski definition) is 3. The topological polar surface area (TPSA) is 116 Å². The van der Waals surface area contributed by atoms with Gasteiger partial charge in [0.15, 0.2) is 0 Å².